The molecule has 5 nitrogen and oxygen atoms in total. The first-order valence-electron chi connectivity index (χ1n) is 5.26. The number of nitrogens with zero attached hydrogens (tertiary/aromatic N) is 2. The van der Waals surface area contributed by atoms with Crippen LogP contribution in [-0.4, -0.2) is 13.4 Å². The first-order valence-corrected chi connectivity index (χ1v) is 8.33. The van der Waals surface area contributed by atoms with Gasteiger partial charge in [-0.1, -0.05) is 15.9 Å². The van der Waals surface area contributed by atoms with Crippen molar-refractivity contribution in [3.63, 3.8) is 0 Å². The highest BCUT2D eigenvalue weighted by Gasteiger charge is 2.16. The van der Waals surface area contributed by atoms with Crippen LogP contribution in [0.4, 0.5) is 5.69 Å². The van der Waals surface area contributed by atoms with Crippen molar-refractivity contribution in [3.8, 4) is 6.07 Å². The van der Waals surface area contributed by atoms with Crippen molar-refractivity contribution in [2.45, 2.75) is 4.90 Å². The van der Waals surface area contributed by atoms with E-state index in [1.807, 2.05) is 6.07 Å². The third kappa shape index (κ3) is 3.36. The standard InChI is InChI=1S/C12H7Br2N3O2S/c13-8-1-4-12(11(14)5-8)17-20(18,19)10-3-2-9(6-15)16-7-10/h1-5,7,17H. The second-order valence-electron chi connectivity index (χ2n) is 3.72. The Labute approximate surface area is 133 Å². The van der Waals surface area contributed by atoms with E-state index in [0.29, 0.717) is 10.2 Å². The predicted molar refractivity (Wildman–Crippen MR) is 81.6 cm³/mol. The van der Waals surface area contributed by atoms with Gasteiger partial charge in [0.2, 0.25) is 0 Å². The first kappa shape index (κ1) is 15.0. The van der Waals surface area contributed by atoms with Gasteiger partial charge < -0.3 is 0 Å². The maximum Gasteiger partial charge on any atom is 0.263 e. The lowest BCUT2D eigenvalue weighted by atomic mass is 10.3. The fourth-order valence-electron chi connectivity index (χ4n) is 1.38. The van der Waals surface area contributed by atoms with E-state index in [1.54, 1.807) is 18.2 Å². The monoisotopic (exact) mass is 415 g/mol. The summed E-state index contributed by atoms with van der Waals surface area (Å²) in [6.45, 7) is 0. The minimum Gasteiger partial charge on any atom is -0.278 e. The van der Waals surface area contributed by atoms with Gasteiger partial charge in [-0.3, -0.25) is 4.72 Å². The second-order valence-corrected chi connectivity index (χ2v) is 7.17. The molecule has 8 heteroatoms. The Bertz CT molecular complexity index is 783. The highest BCUT2D eigenvalue weighted by molar-refractivity contribution is 9.11. The number of halogens is 2. The van der Waals surface area contributed by atoms with Gasteiger partial charge in [-0.05, 0) is 46.3 Å². The average molecular weight is 417 g/mol. The van der Waals surface area contributed by atoms with E-state index in [-0.39, 0.29) is 10.6 Å². The van der Waals surface area contributed by atoms with E-state index in [1.165, 1.54) is 12.1 Å². The Morgan fingerprint density at radius 2 is 1.95 bits per heavy atom. The number of rotatable bonds is 3. The molecule has 0 amide bonds. The van der Waals surface area contributed by atoms with E-state index in [2.05, 4.69) is 41.6 Å². The number of hydrogen-bond donors (Lipinski definition) is 1. The van der Waals surface area contributed by atoms with Gasteiger partial charge in [0.1, 0.15) is 16.7 Å². The molecule has 0 radical (unpaired) electrons. The molecule has 0 aliphatic heterocycles. The van der Waals surface area contributed by atoms with E-state index >= 15 is 0 Å². The average Bonchev–Trinajstić information content (AvgIpc) is 2.42. The van der Waals surface area contributed by atoms with Gasteiger partial charge in [0.25, 0.3) is 10.0 Å². The number of aromatic nitrogens is 1. The number of pyridine rings is 1. The molecule has 0 saturated carbocycles. The zero-order valence-corrected chi connectivity index (χ0v) is 13.8. The number of nitriles is 1. The number of nitrogens with one attached hydrogen (secondary N) is 1. The summed E-state index contributed by atoms with van der Waals surface area (Å²) in [4.78, 5) is 3.73. The summed E-state index contributed by atoms with van der Waals surface area (Å²) in [6.07, 6.45) is 1.15. The fraction of sp³-hybridized carbons (Fsp3) is 0. The van der Waals surface area contributed by atoms with E-state index < -0.39 is 10.0 Å². The van der Waals surface area contributed by atoms with Crippen molar-refractivity contribution in [1.82, 2.24) is 4.98 Å². The van der Waals surface area contributed by atoms with Gasteiger partial charge >= 0.3 is 0 Å². The molecule has 0 bridgehead atoms. The van der Waals surface area contributed by atoms with E-state index in [4.69, 9.17) is 5.26 Å². The maximum absolute atomic E-state index is 12.2. The summed E-state index contributed by atoms with van der Waals surface area (Å²) in [5, 5.41) is 8.64. The molecule has 0 fully saturated rings. The third-order valence-electron chi connectivity index (χ3n) is 2.34. The fourth-order valence-corrected chi connectivity index (χ4v) is 3.68. The van der Waals surface area contributed by atoms with Crippen molar-refractivity contribution in [1.29, 1.82) is 5.26 Å². The molecule has 0 spiro atoms. The zero-order chi connectivity index (χ0) is 14.8. The van der Waals surface area contributed by atoms with E-state index in [9.17, 15) is 8.42 Å². The Balaban J connectivity index is 2.33. The SMILES string of the molecule is N#Cc1ccc(S(=O)(=O)Nc2ccc(Br)cc2Br)cn1. The Morgan fingerprint density at radius 1 is 1.20 bits per heavy atom. The molecule has 0 atom stereocenters. The van der Waals surface area contributed by atoms with Crippen molar-refractivity contribution in [2.24, 2.45) is 0 Å². The van der Waals surface area contributed by atoms with Crippen molar-refractivity contribution in [2.75, 3.05) is 4.72 Å². The van der Waals surface area contributed by atoms with Crippen LogP contribution in [0, 0.1) is 11.3 Å². The largest absolute Gasteiger partial charge is 0.278 e. The molecule has 20 heavy (non-hydrogen) atoms. The molecule has 0 aliphatic carbocycles. The van der Waals surface area contributed by atoms with Gasteiger partial charge in [-0.15, -0.1) is 0 Å². The molecule has 2 aromatic rings. The Kier molecular flexibility index (Phi) is 4.42. The molecule has 1 aromatic heterocycles. The van der Waals surface area contributed by atoms with Crippen LogP contribution in [-0.2, 0) is 10.0 Å². The van der Waals surface area contributed by atoms with Crippen LogP contribution < -0.4 is 4.72 Å². The highest BCUT2D eigenvalue weighted by atomic mass is 79.9. The van der Waals surface area contributed by atoms with Gasteiger partial charge in [-0.25, -0.2) is 13.4 Å². The Morgan fingerprint density at radius 3 is 2.50 bits per heavy atom. The normalized spacial score (nSPS) is 10.8. The number of benzene rings is 1. The van der Waals surface area contributed by atoms with Crippen molar-refractivity contribution in [3.05, 3.63) is 51.2 Å². The quantitative estimate of drug-likeness (QED) is 0.832. The van der Waals surface area contributed by atoms with Gasteiger partial charge in [0.05, 0.1) is 5.69 Å². The summed E-state index contributed by atoms with van der Waals surface area (Å²) in [6, 6.07) is 9.60. The molecule has 0 aliphatic rings. The number of sulfonamides is 1. The zero-order valence-electron chi connectivity index (χ0n) is 9.84. The van der Waals surface area contributed by atoms with Crippen molar-refractivity contribution >= 4 is 47.6 Å². The summed E-state index contributed by atoms with van der Waals surface area (Å²) >= 11 is 6.57. The molecule has 2 rings (SSSR count). The highest BCUT2D eigenvalue weighted by Crippen LogP contribution is 2.28. The smallest absolute Gasteiger partial charge is 0.263 e. The van der Waals surface area contributed by atoms with Crippen LogP contribution in [0.2, 0.25) is 0 Å². The molecule has 1 aromatic carbocycles. The lowest BCUT2D eigenvalue weighted by Gasteiger charge is -2.09. The van der Waals surface area contributed by atoms with Gasteiger partial charge in [-0.2, -0.15) is 5.26 Å². The lowest BCUT2D eigenvalue weighted by molar-refractivity contribution is 0.601. The molecule has 1 heterocycles. The summed E-state index contributed by atoms with van der Waals surface area (Å²) in [5.74, 6) is 0. The van der Waals surface area contributed by atoms with E-state index in [0.717, 1.165) is 10.7 Å². The van der Waals surface area contributed by atoms with Crippen LogP contribution in [0.15, 0.2) is 50.4 Å². The molecule has 102 valence electrons. The molecule has 0 saturated heterocycles. The molecule has 1 N–H and O–H groups in total. The topological polar surface area (TPSA) is 82.8 Å². The van der Waals surface area contributed by atoms with Crippen LogP contribution in [0.3, 0.4) is 0 Å². The lowest BCUT2D eigenvalue weighted by Crippen LogP contribution is -2.13. The van der Waals surface area contributed by atoms with Gasteiger partial charge in [0.15, 0.2) is 0 Å². The first-order chi connectivity index (χ1) is 9.42. The van der Waals surface area contributed by atoms with Crippen LogP contribution in [0.5, 0.6) is 0 Å². The molecule has 0 unspecified atom stereocenters. The van der Waals surface area contributed by atoms with Crippen LogP contribution >= 0.6 is 31.9 Å². The molecular weight excluding hydrogens is 410 g/mol. The predicted octanol–water partition coefficient (Wildman–Crippen LogP) is 3.28. The number of hydrogen-bond acceptors (Lipinski definition) is 4. The number of anilines is 1. The summed E-state index contributed by atoms with van der Waals surface area (Å²) in [5.41, 5.74) is 0.575. The minimum absolute atomic E-state index is 0.00804. The summed E-state index contributed by atoms with van der Waals surface area (Å²) in [7, 11) is -3.74. The van der Waals surface area contributed by atoms with Crippen LogP contribution in [0.25, 0.3) is 0 Å². The third-order valence-corrected chi connectivity index (χ3v) is 4.84. The second kappa shape index (κ2) is 5.91. The minimum atomic E-state index is -3.74. The maximum atomic E-state index is 12.2. The summed E-state index contributed by atoms with van der Waals surface area (Å²) < 4.78 is 28.2. The van der Waals surface area contributed by atoms with Crippen molar-refractivity contribution < 1.29 is 8.42 Å². The molecular formula is C12H7Br2N3O2S. The van der Waals surface area contributed by atoms with Gasteiger partial charge in [0, 0.05) is 15.1 Å². The van der Waals surface area contributed by atoms with Crippen LogP contribution in [0.1, 0.15) is 5.69 Å². The Hall–Kier alpha value is -1.43.